The number of piperazine rings is 1. The second kappa shape index (κ2) is 9.26. The standard InChI is InChI=1S/C25H23F2N3O2/c1-29-9-10-30(24(31)11-17-5-4-8-28-16-17)23(25(29)32)14-18-6-2-3-7-22(18)19-12-20(26)15-21(27)13-19/h2-8,12-13,15-16,23H,9-11,14H2,1H3. The summed E-state index contributed by atoms with van der Waals surface area (Å²) in [5.41, 5.74) is 2.54. The number of amides is 2. The summed E-state index contributed by atoms with van der Waals surface area (Å²) >= 11 is 0. The van der Waals surface area contributed by atoms with Gasteiger partial charge in [0.25, 0.3) is 0 Å². The zero-order valence-electron chi connectivity index (χ0n) is 17.7. The molecule has 7 heteroatoms. The predicted molar refractivity (Wildman–Crippen MR) is 117 cm³/mol. The van der Waals surface area contributed by atoms with Crippen LogP contribution < -0.4 is 0 Å². The maximum atomic E-state index is 13.8. The molecular formula is C25H23F2N3O2. The Bertz CT molecular complexity index is 1120. The molecule has 2 aromatic carbocycles. The van der Waals surface area contributed by atoms with Gasteiger partial charge in [0.2, 0.25) is 11.8 Å². The Hall–Kier alpha value is -3.61. The molecule has 4 rings (SSSR count). The zero-order chi connectivity index (χ0) is 22.7. The molecule has 0 aliphatic carbocycles. The highest BCUT2D eigenvalue weighted by Gasteiger charge is 2.36. The van der Waals surface area contributed by atoms with E-state index in [0.717, 1.165) is 17.2 Å². The first-order valence-corrected chi connectivity index (χ1v) is 10.4. The van der Waals surface area contributed by atoms with Crippen LogP contribution in [-0.2, 0) is 22.4 Å². The molecule has 164 valence electrons. The summed E-state index contributed by atoms with van der Waals surface area (Å²) in [4.78, 5) is 33.4. The maximum Gasteiger partial charge on any atom is 0.245 e. The molecule has 0 radical (unpaired) electrons. The van der Waals surface area contributed by atoms with Gasteiger partial charge in [0, 0.05) is 45.0 Å². The number of likely N-dealkylation sites (N-methyl/N-ethyl adjacent to an activating group) is 1. The quantitative estimate of drug-likeness (QED) is 0.617. The Labute approximate surface area is 185 Å². The van der Waals surface area contributed by atoms with E-state index in [1.165, 1.54) is 12.1 Å². The molecule has 3 aromatic rings. The highest BCUT2D eigenvalue weighted by molar-refractivity contribution is 5.90. The normalized spacial score (nSPS) is 16.3. The number of nitrogens with zero attached hydrogens (tertiary/aromatic N) is 3. The van der Waals surface area contributed by atoms with E-state index >= 15 is 0 Å². The van der Waals surface area contributed by atoms with Crippen molar-refractivity contribution in [2.75, 3.05) is 20.1 Å². The van der Waals surface area contributed by atoms with E-state index in [1.54, 1.807) is 47.4 Å². The number of carbonyl (C=O) groups excluding carboxylic acids is 2. The number of rotatable bonds is 5. The van der Waals surface area contributed by atoms with Crippen molar-refractivity contribution in [1.82, 2.24) is 14.8 Å². The number of carbonyl (C=O) groups is 2. The van der Waals surface area contributed by atoms with Crippen molar-refractivity contribution in [2.45, 2.75) is 18.9 Å². The first-order valence-electron chi connectivity index (χ1n) is 10.4. The fraction of sp³-hybridized carbons (Fsp3) is 0.240. The van der Waals surface area contributed by atoms with Gasteiger partial charge in [-0.15, -0.1) is 0 Å². The number of hydrogen-bond acceptors (Lipinski definition) is 3. The van der Waals surface area contributed by atoms with E-state index in [0.29, 0.717) is 24.2 Å². The SMILES string of the molecule is CN1CCN(C(=O)Cc2cccnc2)C(Cc2ccccc2-c2cc(F)cc(F)c2)C1=O. The molecule has 1 unspecified atom stereocenters. The molecule has 2 amide bonds. The molecule has 1 aliphatic rings. The van der Waals surface area contributed by atoms with Crippen LogP contribution in [0.5, 0.6) is 0 Å². The first kappa shape index (κ1) is 21.6. The molecule has 32 heavy (non-hydrogen) atoms. The van der Waals surface area contributed by atoms with Crippen LogP contribution in [0.3, 0.4) is 0 Å². The summed E-state index contributed by atoms with van der Waals surface area (Å²) in [6.45, 7) is 0.869. The lowest BCUT2D eigenvalue weighted by atomic mass is 9.93. The van der Waals surface area contributed by atoms with Crippen LogP contribution >= 0.6 is 0 Å². The average molecular weight is 435 g/mol. The van der Waals surface area contributed by atoms with Gasteiger partial charge in [0.05, 0.1) is 6.42 Å². The van der Waals surface area contributed by atoms with E-state index in [-0.39, 0.29) is 24.7 Å². The smallest absolute Gasteiger partial charge is 0.245 e. The Kier molecular flexibility index (Phi) is 6.25. The molecule has 5 nitrogen and oxygen atoms in total. The third-order valence-corrected chi connectivity index (χ3v) is 5.72. The van der Waals surface area contributed by atoms with Crippen molar-refractivity contribution in [3.05, 3.63) is 89.8 Å². The third-order valence-electron chi connectivity index (χ3n) is 5.72. The Morgan fingerprint density at radius 1 is 1.06 bits per heavy atom. The Balaban J connectivity index is 1.64. The summed E-state index contributed by atoms with van der Waals surface area (Å²) in [6.07, 6.45) is 3.68. The zero-order valence-corrected chi connectivity index (χ0v) is 17.7. The van der Waals surface area contributed by atoms with Gasteiger partial charge in [-0.25, -0.2) is 8.78 Å². The fourth-order valence-electron chi connectivity index (χ4n) is 4.08. The number of pyridine rings is 1. The van der Waals surface area contributed by atoms with Crippen LogP contribution in [0.1, 0.15) is 11.1 Å². The van der Waals surface area contributed by atoms with Crippen molar-refractivity contribution in [2.24, 2.45) is 0 Å². The number of hydrogen-bond donors (Lipinski definition) is 0. The summed E-state index contributed by atoms with van der Waals surface area (Å²) in [7, 11) is 1.71. The lowest BCUT2D eigenvalue weighted by molar-refractivity contribution is -0.149. The lowest BCUT2D eigenvalue weighted by Crippen LogP contribution is -2.58. The highest BCUT2D eigenvalue weighted by Crippen LogP contribution is 2.28. The van der Waals surface area contributed by atoms with Crippen LogP contribution in [0.25, 0.3) is 11.1 Å². The molecule has 0 bridgehead atoms. The van der Waals surface area contributed by atoms with Gasteiger partial charge >= 0.3 is 0 Å². The molecule has 1 atom stereocenters. The largest absolute Gasteiger partial charge is 0.342 e. The Morgan fingerprint density at radius 2 is 1.81 bits per heavy atom. The summed E-state index contributed by atoms with van der Waals surface area (Å²) in [5, 5.41) is 0. The minimum Gasteiger partial charge on any atom is -0.342 e. The van der Waals surface area contributed by atoms with Crippen LogP contribution in [0.2, 0.25) is 0 Å². The van der Waals surface area contributed by atoms with Gasteiger partial charge < -0.3 is 9.80 Å². The number of aromatic nitrogens is 1. The van der Waals surface area contributed by atoms with Crippen molar-refractivity contribution in [1.29, 1.82) is 0 Å². The van der Waals surface area contributed by atoms with Crippen LogP contribution in [0.15, 0.2) is 67.0 Å². The first-order chi connectivity index (χ1) is 15.4. The van der Waals surface area contributed by atoms with Crippen LogP contribution in [-0.4, -0.2) is 52.8 Å². The van der Waals surface area contributed by atoms with Crippen molar-refractivity contribution >= 4 is 11.8 Å². The highest BCUT2D eigenvalue weighted by atomic mass is 19.1. The van der Waals surface area contributed by atoms with Crippen LogP contribution in [0.4, 0.5) is 8.78 Å². The van der Waals surface area contributed by atoms with Gasteiger partial charge in [0.1, 0.15) is 17.7 Å². The summed E-state index contributed by atoms with van der Waals surface area (Å²) in [6, 6.07) is 13.4. The molecule has 1 aliphatic heterocycles. The van der Waals surface area contributed by atoms with E-state index in [1.807, 2.05) is 18.2 Å². The molecule has 0 spiro atoms. The van der Waals surface area contributed by atoms with Gasteiger partial charge in [0.15, 0.2) is 0 Å². The van der Waals surface area contributed by atoms with Gasteiger partial charge in [-0.3, -0.25) is 14.6 Å². The second-order valence-corrected chi connectivity index (χ2v) is 7.92. The average Bonchev–Trinajstić information content (AvgIpc) is 2.77. The van der Waals surface area contributed by atoms with Crippen molar-refractivity contribution in [3.63, 3.8) is 0 Å². The minimum absolute atomic E-state index is 0.151. The predicted octanol–water partition coefficient (Wildman–Crippen LogP) is 3.48. The number of halogens is 2. The molecular weight excluding hydrogens is 412 g/mol. The van der Waals surface area contributed by atoms with Crippen molar-refractivity contribution < 1.29 is 18.4 Å². The van der Waals surface area contributed by atoms with E-state index in [9.17, 15) is 18.4 Å². The van der Waals surface area contributed by atoms with Crippen LogP contribution in [0, 0.1) is 11.6 Å². The van der Waals surface area contributed by atoms with Gasteiger partial charge in [-0.05, 0) is 40.5 Å². The summed E-state index contributed by atoms with van der Waals surface area (Å²) in [5.74, 6) is -1.65. The van der Waals surface area contributed by atoms with E-state index in [2.05, 4.69) is 4.98 Å². The van der Waals surface area contributed by atoms with E-state index in [4.69, 9.17) is 0 Å². The molecule has 0 saturated carbocycles. The molecule has 1 fully saturated rings. The van der Waals surface area contributed by atoms with Crippen molar-refractivity contribution in [3.8, 4) is 11.1 Å². The Morgan fingerprint density at radius 3 is 2.53 bits per heavy atom. The third kappa shape index (κ3) is 4.66. The molecule has 1 aromatic heterocycles. The number of benzene rings is 2. The fourth-order valence-corrected chi connectivity index (χ4v) is 4.08. The maximum absolute atomic E-state index is 13.8. The van der Waals surface area contributed by atoms with E-state index < -0.39 is 17.7 Å². The lowest BCUT2D eigenvalue weighted by Gasteiger charge is -2.39. The van der Waals surface area contributed by atoms with Gasteiger partial charge in [-0.2, -0.15) is 0 Å². The molecule has 0 N–H and O–H groups in total. The monoisotopic (exact) mass is 435 g/mol. The second-order valence-electron chi connectivity index (χ2n) is 7.92. The molecule has 2 heterocycles. The summed E-state index contributed by atoms with van der Waals surface area (Å²) < 4.78 is 27.7. The minimum atomic E-state index is -0.697. The molecule has 1 saturated heterocycles. The van der Waals surface area contributed by atoms with Gasteiger partial charge in [-0.1, -0.05) is 30.3 Å². The topological polar surface area (TPSA) is 53.5 Å².